The molecule has 2 aliphatic rings. The van der Waals surface area contributed by atoms with Crippen molar-refractivity contribution in [3.63, 3.8) is 0 Å². The summed E-state index contributed by atoms with van der Waals surface area (Å²) in [6.07, 6.45) is -0.128. The third kappa shape index (κ3) is 7.80. The molecule has 2 saturated heterocycles. The van der Waals surface area contributed by atoms with Gasteiger partial charge in [0.25, 0.3) is 0 Å². The number of benzene rings is 3. The summed E-state index contributed by atoms with van der Waals surface area (Å²) in [4.78, 5) is 13.6. The third-order valence-corrected chi connectivity index (χ3v) is 7.43. The lowest BCUT2D eigenvalue weighted by atomic mass is 9.96. The number of esters is 1. The fourth-order valence-electron chi connectivity index (χ4n) is 5.21. The molecule has 218 valence electrons. The Bertz CT molecular complexity index is 1210. The van der Waals surface area contributed by atoms with E-state index < -0.39 is 23.5 Å². The van der Waals surface area contributed by atoms with E-state index in [1.165, 1.54) is 0 Å². The summed E-state index contributed by atoms with van der Waals surface area (Å²) in [5, 5.41) is 9.91. The third-order valence-electron chi connectivity index (χ3n) is 7.43. The summed E-state index contributed by atoms with van der Waals surface area (Å²) in [5.74, 6) is -1.89. The van der Waals surface area contributed by atoms with Crippen LogP contribution in [0.3, 0.4) is 0 Å². The number of carbonyl (C=O) groups excluding carboxylic acids is 1. The smallest absolute Gasteiger partial charge is 0.341 e. The first-order valence-corrected chi connectivity index (χ1v) is 14.1. The van der Waals surface area contributed by atoms with Crippen molar-refractivity contribution in [2.24, 2.45) is 0 Å². The van der Waals surface area contributed by atoms with Crippen LogP contribution in [0.1, 0.15) is 36.0 Å². The lowest BCUT2D eigenvalue weighted by Gasteiger charge is -2.48. The van der Waals surface area contributed by atoms with Gasteiger partial charge in [0.1, 0.15) is 12.2 Å². The predicted molar refractivity (Wildman–Crippen MR) is 151 cm³/mol. The lowest BCUT2D eigenvalue weighted by molar-refractivity contribution is -0.360. The molecule has 1 N–H and O–H groups in total. The van der Waals surface area contributed by atoms with Crippen LogP contribution in [-0.2, 0) is 53.0 Å². The monoisotopic (exact) mass is 562 g/mol. The summed E-state index contributed by atoms with van der Waals surface area (Å²) < 4.78 is 36.9. The number of rotatable bonds is 13. The van der Waals surface area contributed by atoms with Gasteiger partial charge in [0.05, 0.1) is 39.1 Å². The second-order valence-electron chi connectivity index (χ2n) is 10.6. The quantitative estimate of drug-likeness (QED) is 0.303. The molecule has 0 aliphatic carbocycles. The van der Waals surface area contributed by atoms with E-state index in [9.17, 15) is 9.90 Å². The highest BCUT2D eigenvalue weighted by Gasteiger charge is 2.59. The first-order valence-electron chi connectivity index (χ1n) is 14.1. The van der Waals surface area contributed by atoms with Crippen molar-refractivity contribution in [2.75, 3.05) is 26.4 Å². The number of ether oxygens (including phenoxy) is 6. The van der Waals surface area contributed by atoms with Crippen molar-refractivity contribution in [1.82, 2.24) is 0 Å². The Hall–Kier alpha value is -3.11. The van der Waals surface area contributed by atoms with E-state index in [0.29, 0.717) is 32.7 Å². The molecule has 0 saturated carbocycles. The fraction of sp³-hybridized carbons (Fsp3) is 0.424. The summed E-state index contributed by atoms with van der Waals surface area (Å²) in [7, 11) is 0. The molecule has 2 aliphatic heterocycles. The van der Waals surface area contributed by atoms with Gasteiger partial charge < -0.3 is 33.5 Å². The Morgan fingerprint density at radius 1 is 0.805 bits per heavy atom. The Labute approximate surface area is 241 Å². The molecule has 0 radical (unpaired) electrons. The van der Waals surface area contributed by atoms with Gasteiger partial charge in [-0.15, -0.1) is 0 Å². The van der Waals surface area contributed by atoms with Gasteiger partial charge in [0.2, 0.25) is 11.9 Å². The van der Waals surface area contributed by atoms with E-state index in [4.69, 9.17) is 28.4 Å². The zero-order valence-corrected chi connectivity index (χ0v) is 23.2. The van der Waals surface area contributed by atoms with E-state index >= 15 is 0 Å². The molecule has 3 unspecified atom stereocenters. The average molecular weight is 563 g/mol. The maximum atomic E-state index is 13.6. The van der Waals surface area contributed by atoms with Crippen LogP contribution >= 0.6 is 0 Å². The number of carbonyl (C=O) groups is 1. The molecule has 3 aromatic rings. The molecule has 2 fully saturated rings. The Morgan fingerprint density at radius 3 is 2.00 bits per heavy atom. The van der Waals surface area contributed by atoms with Crippen LogP contribution in [0.25, 0.3) is 0 Å². The van der Waals surface area contributed by atoms with Crippen molar-refractivity contribution in [3.05, 3.63) is 108 Å². The number of aliphatic hydroxyl groups is 1. The fourth-order valence-corrected chi connectivity index (χ4v) is 5.21. The van der Waals surface area contributed by atoms with Crippen LogP contribution in [0.5, 0.6) is 0 Å². The van der Waals surface area contributed by atoms with Gasteiger partial charge in [0.15, 0.2) is 0 Å². The highest BCUT2D eigenvalue weighted by molar-refractivity contribution is 5.76. The van der Waals surface area contributed by atoms with Crippen LogP contribution in [-0.4, -0.2) is 61.1 Å². The minimum Gasteiger partial charge on any atom is -0.459 e. The predicted octanol–water partition coefficient (Wildman–Crippen LogP) is 4.58. The molecule has 5 rings (SSSR count). The van der Waals surface area contributed by atoms with Crippen LogP contribution in [0.4, 0.5) is 0 Å². The largest absolute Gasteiger partial charge is 0.459 e. The number of hydrogen-bond donors (Lipinski definition) is 1. The number of aliphatic hydroxyl groups excluding tert-OH is 1. The van der Waals surface area contributed by atoms with Crippen LogP contribution < -0.4 is 0 Å². The van der Waals surface area contributed by atoms with Gasteiger partial charge in [0, 0.05) is 19.4 Å². The Morgan fingerprint density at radius 2 is 1.39 bits per heavy atom. The normalized spacial score (nSPS) is 25.8. The van der Waals surface area contributed by atoms with E-state index in [1.54, 1.807) is 0 Å². The molecule has 41 heavy (non-hydrogen) atoms. The van der Waals surface area contributed by atoms with Gasteiger partial charge in [-0.05, 0) is 23.1 Å². The van der Waals surface area contributed by atoms with Crippen LogP contribution in [0.15, 0.2) is 91.0 Å². The molecule has 8 heteroatoms. The SMILES string of the molecule is O=C(OCc1ccccc1)C1OC(CCO)(COCc2ccccc2)COC12CC[C@H](COCc1ccccc1)O2. The maximum absolute atomic E-state index is 13.6. The topological polar surface area (TPSA) is 92.7 Å². The first kappa shape index (κ1) is 29.4. The number of hydrogen-bond acceptors (Lipinski definition) is 8. The molecule has 0 amide bonds. The second-order valence-corrected chi connectivity index (χ2v) is 10.6. The Balaban J connectivity index is 1.27. The molecule has 3 aromatic carbocycles. The molecule has 8 nitrogen and oxygen atoms in total. The van der Waals surface area contributed by atoms with Crippen molar-refractivity contribution in [1.29, 1.82) is 0 Å². The molecule has 0 aromatic heterocycles. The maximum Gasteiger partial charge on any atom is 0.341 e. The second kappa shape index (κ2) is 14.2. The van der Waals surface area contributed by atoms with E-state index in [-0.39, 0.29) is 39.0 Å². The minimum absolute atomic E-state index is 0.0940. The molecule has 4 atom stereocenters. The first-order chi connectivity index (χ1) is 20.1. The van der Waals surface area contributed by atoms with Crippen LogP contribution in [0, 0.1) is 0 Å². The minimum atomic E-state index is -1.31. The van der Waals surface area contributed by atoms with Gasteiger partial charge in [-0.2, -0.15) is 0 Å². The van der Waals surface area contributed by atoms with E-state index in [2.05, 4.69) is 0 Å². The van der Waals surface area contributed by atoms with E-state index in [0.717, 1.165) is 16.7 Å². The summed E-state index contributed by atoms with van der Waals surface area (Å²) in [6.45, 7) is 1.35. The van der Waals surface area contributed by atoms with Crippen molar-refractivity contribution < 1.29 is 38.3 Å². The summed E-state index contributed by atoms with van der Waals surface area (Å²) in [5.41, 5.74) is 1.90. The standard InChI is InChI=1S/C33H38O8/c34-19-18-32(24-37-21-27-12-6-2-7-13-27)25-39-33(30(41-32)31(35)38-22-28-14-8-3-9-15-28)17-16-29(40-33)23-36-20-26-10-4-1-5-11-26/h1-15,29-30,34H,16-25H2/t29-,30?,32?,33?/m1/s1. The van der Waals surface area contributed by atoms with Gasteiger partial charge in [-0.1, -0.05) is 91.0 Å². The summed E-state index contributed by atoms with van der Waals surface area (Å²) >= 11 is 0. The molecular weight excluding hydrogens is 524 g/mol. The van der Waals surface area contributed by atoms with Crippen LogP contribution in [0.2, 0.25) is 0 Å². The van der Waals surface area contributed by atoms with Gasteiger partial charge >= 0.3 is 5.97 Å². The zero-order chi connectivity index (χ0) is 28.4. The molecular formula is C33H38O8. The highest BCUT2D eigenvalue weighted by atomic mass is 16.8. The van der Waals surface area contributed by atoms with Crippen molar-refractivity contribution in [2.45, 2.75) is 62.7 Å². The lowest BCUT2D eigenvalue weighted by Crippen LogP contribution is -2.64. The zero-order valence-electron chi connectivity index (χ0n) is 23.2. The molecule has 0 bridgehead atoms. The highest BCUT2D eigenvalue weighted by Crippen LogP contribution is 2.43. The van der Waals surface area contributed by atoms with Gasteiger partial charge in [-0.25, -0.2) is 4.79 Å². The average Bonchev–Trinajstić information content (AvgIpc) is 3.42. The van der Waals surface area contributed by atoms with Crippen molar-refractivity contribution >= 4 is 5.97 Å². The Kier molecular flexibility index (Phi) is 10.2. The van der Waals surface area contributed by atoms with E-state index in [1.807, 2.05) is 91.0 Å². The molecule has 1 spiro atoms. The van der Waals surface area contributed by atoms with Crippen molar-refractivity contribution in [3.8, 4) is 0 Å². The van der Waals surface area contributed by atoms with Gasteiger partial charge in [-0.3, -0.25) is 0 Å². The summed E-state index contributed by atoms with van der Waals surface area (Å²) in [6, 6.07) is 29.2. The molecule has 2 heterocycles.